The second-order valence-corrected chi connectivity index (χ2v) is 8.13. The van der Waals surface area contributed by atoms with Crippen LogP contribution in [0.1, 0.15) is 76.7 Å². The number of hydrogen-bond donors (Lipinski definition) is 0. The molecule has 0 unspecified atom stereocenters. The largest absolute Gasteiger partial charge is 0.494 e. The minimum absolute atomic E-state index is 0.0975. The van der Waals surface area contributed by atoms with E-state index in [1.807, 2.05) is 0 Å². The second kappa shape index (κ2) is 10.5. The summed E-state index contributed by atoms with van der Waals surface area (Å²) in [6, 6.07) is 16.9. The molecule has 1 fully saturated rings. The van der Waals surface area contributed by atoms with Crippen LogP contribution in [0.5, 0.6) is 5.75 Å². The van der Waals surface area contributed by atoms with Crippen molar-refractivity contribution in [2.24, 2.45) is 5.92 Å². The molecule has 2 atom stereocenters. The number of Topliss-reactive ketones (excluding diaryl/α,β-unsaturated/α-hetero) is 1. The Morgan fingerprint density at radius 3 is 2.14 bits per heavy atom. The van der Waals surface area contributed by atoms with E-state index < -0.39 is 0 Å². The van der Waals surface area contributed by atoms with Crippen LogP contribution in [0.15, 0.2) is 48.5 Å². The summed E-state index contributed by atoms with van der Waals surface area (Å²) in [7, 11) is 0. The fraction of sp³-hybridized carbons (Fsp3) is 0.500. The summed E-state index contributed by atoms with van der Waals surface area (Å²) in [5.41, 5.74) is 3.55. The summed E-state index contributed by atoms with van der Waals surface area (Å²) in [5.74, 6) is 2.05. The number of carbonyl (C=O) groups is 1. The minimum Gasteiger partial charge on any atom is -0.494 e. The standard InChI is InChI=1S/C26H34O2/c1-3-5-6-7-18-28-24-15-13-22(14-16-24)21-9-11-23(12-10-21)25-17-8-20(4-2)19-26(25)27/h9-16,20,25H,3-8,17-19H2,1-2H3/t20-,25+/m0/s1. The minimum atomic E-state index is 0.0975. The topological polar surface area (TPSA) is 26.3 Å². The van der Waals surface area contributed by atoms with Crippen LogP contribution < -0.4 is 4.74 Å². The number of hydrogen-bond acceptors (Lipinski definition) is 2. The van der Waals surface area contributed by atoms with Gasteiger partial charge in [0.05, 0.1) is 6.61 Å². The quantitative estimate of drug-likeness (QED) is 0.432. The molecule has 1 aliphatic carbocycles. The lowest BCUT2D eigenvalue weighted by Crippen LogP contribution is -2.23. The van der Waals surface area contributed by atoms with Crippen molar-refractivity contribution in [3.63, 3.8) is 0 Å². The Kier molecular flexibility index (Phi) is 7.71. The summed E-state index contributed by atoms with van der Waals surface area (Å²) in [4.78, 5) is 12.5. The third kappa shape index (κ3) is 5.47. The summed E-state index contributed by atoms with van der Waals surface area (Å²) >= 11 is 0. The molecule has 0 amide bonds. The first kappa shape index (κ1) is 20.6. The van der Waals surface area contributed by atoms with E-state index in [0.717, 1.165) is 38.0 Å². The highest BCUT2D eigenvalue weighted by atomic mass is 16.5. The van der Waals surface area contributed by atoms with Crippen molar-refractivity contribution in [2.75, 3.05) is 6.61 Å². The van der Waals surface area contributed by atoms with Gasteiger partial charge in [0.2, 0.25) is 0 Å². The van der Waals surface area contributed by atoms with Gasteiger partial charge in [-0.05, 0) is 54.0 Å². The zero-order valence-corrected chi connectivity index (χ0v) is 17.5. The molecule has 0 radical (unpaired) electrons. The van der Waals surface area contributed by atoms with Crippen LogP contribution in [0.2, 0.25) is 0 Å². The number of carbonyl (C=O) groups excluding carboxylic acids is 1. The van der Waals surface area contributed by atoms with E-state index in [4.69, 9.17) is 4.74 Å². The predicted octanol–water partition coefficient (Wildman–Crippen LogP) is 7.18. The maximum atomic E-state index is 12.5. The Bertz CT molecular complexity index is 730. The van der Waals surface area contributed by atoms with Gasteiger partial charge in [0.15, 0.2) is 0 Å². The number of ketones is 1. The molecule has 0 aliphatic heterocycles. The van der Waals surface area contributed by atoms with Gasteiger partial charge in [-0.25, -0.2) is 0 Å². The molecule has 0 N–H and O–H groups in total. The van der Waals surface area contributed by atoms with Crippen molar-refractivity contribution in [3.05, 3.63) is 54.1 Å². The van der Waals surface area contributed by atoms with Crippen LogP contribution in [0.3, 0.4) is 0 Å². The Labute approximate surface area is 170 Å². The maximum Gasteiger partial charge on any atom is 0.140 e. The van der Waals surface area contributed by atoms with E-state index in [-0.39, 0.29) is 5.92 Å². The Balaban J connectivity index is 1.57. The van der Waals surface area contributed by atoms with Crippen LogP contribution in [-0.4, -0.2) is 12.4 Å². The van der Waals surface area contributed by atoms with E-state index in [9.17, 15) is 4.79 Å². The molecule has 0 heterocycles. The molecule has 3 rings (SSSR count). The molecule has 1 aliphatic rings. The van der Waals surface area contributed by atoms with Crippen LogP contribution >= 0.6 is 0 Å². The highest BCUT2D eigenvalue weighted by Gasteiger charge is 2.28. The molecule has 0 bridgehead atoms. The predicted molar refractivity (Wildman–Crippen MR) is 117 cm³/mol. The first-order chi connectivity index (χ1) is 13.7. The van der Waals surface area contributed by atoms with Crippen molar-refractivity contribution in [1.82, 2.24) is 0 Å². The maximum absolute atomic E-state index is 12.5. The van der Waals surface area contributed by atoms with Crippen molar-refractivity contribution >= 4 is 5.78 Å². The molecule has 1 saturated carbocycles. The summed E-state index contributed by atoms with van der Waals surface area (Å²) in [5, 5.41) is 0. The van der Waals surface area contributed by atoms with E-state index in [2.05, 4.69) is 62.4 Å². The molecule has 0 spiro atoms. The van der Waals surface area contributed by atoms with Gasteiger partial charge in [-0.3, -0.25) is 4.79 Å². The molecule has 2 nitrogen and oxygen atoms in total. The summed E-state index contributed by atoms with van der Waals surface area (Å²) in [6.45, 7) is 5.21. The lowest BCUT2D eigenvalue weighted by Gasteiger charge is -2.27. The monoisotopic (exact) mass is 378 g/mol. The Morgan fingerprint density at radius 1 is 0.857 bits per heavy atom. The highest BCUT2D eigenvalue weighted by Crippen LogP contribution is 2.35. The van der Waals surface area contributed by atoms with Crippen LogP contribution in [0.4, 0.5) is 0 Å². The van der Waals surface area contributed by atoms with E-state index >= 15 is 0 Å². The zero-order valence-electron chi connectivity index (χ0n) is 17.5. The molecule has 2 aromatic rings. The van der Waals surface area contributed by atoms with Crippen LogP contribution in [0, 0.1) is 5.92 Å². The molecular weight excluding hydrogens is 344 g/mol. The van der Waals surface area contributed by atoms with Gasteiger partial charge in [-0.1, -0.05) is 75.9 Å². The summed E-state index contributed by atoms with van der Waals surface area (Å²) < 4.78 is 5.83. The SMILES string of the molecule is CCCCCCOc1ccc(-c2ccc([C@H]3CC[C@H](CC)CC3=O)cc2)cc1. The molecule has 2 heteroatoms. The first-order valence-corrected chi connectivity index (χ1v) is 11.1. The van der Waals surface area contributed by atoms with Gasteiger partial charge in [0.25, 0.3) is 0 Å². The molecule has 150 valence electrons. The number of rotatable bonds is 9. The van der Waals surface area contributed by atoms with Gasteiger partial charge < -0.3 is 4.74 Å². The lowest BCUT2D eigenvalue weighted by atomic mass is 9.77. The normalized spacial score (nSPS) is 19.6. The van der Waals surface area contributed by atoms with Gasteiger partial charge in [-0.15, -0.1) is 0 Å². The number of ether oxygens (including phenoxy) is 1. The molecule has 0 aromatic heterocycles. The first-order valence-electron chi connectivity index (χ1n) is 11.1. The van der Waals surface area contributed by atoms with Gasteiger partial charge in [-0.2, -0.15) is 0 Å². The van der Waals surface area contributed by atoms with Crippen molar-refractivity contribution < 1.29 is 9.53 Å². The smallest absolute Gasteiger partial charge is 0.140 e. The van der Waals surface area contributed by atoms with Crippen LogP contribution in [-0.2, 0) is 4.79 Å². The average molecular weight is 379 g/mol. The fourth-order valence-corrected chi connectivity index (χ4v) is 4.16. The number of unbranched alkanes of at least 4 members (excludes halogenated alkanes) is 3. The van der Waals surface area contributed by atoms with Gasteiger partial charge >= 0.3 is 0 Å². The van der Waals surface area contributed by atoms with Gasteiger partial charge in [0, 0.05) is 12.3 Å². The van der Waals surface area contributed by atoms with E-state index in [1.165, 1.54) is 42.4 Å². The summed E-state index contributed by atoms with van der Waals surface area (Å²) in [6.07, 6.45) is 8.94. The van der Waals surface area contributed by atoms with Crippen LogP contribution in [0.25, 0.3) is 11.1 Å². The second-order valence-electron chi connectivity index (χ2n) is 8.13. The Morgan fingerprint density at radius 2 is 1.54 bits per heavy atom. The van der Waals surface area contributed by atoms with Crippen molar-refractivity contribution in [3.8, 4) is 16.9 Å². The van der Waals surface area contributed by atoms with E-state index in [1.54, 1.807) is 0 Å². The average Bonchev–Trinajstić information content (AvgIpc) is 2.74. The molecule has 2 aromatic carbocycles. The lowest BCUT2D eigenvalue weighted by molar-refractivity contribution is -0.123. The third-order valence-electron chi connectivity index (χ3n) is 6.09. The zero-order chi connectivity index (χ0) is 19.8. The van der Waals surface area contributed by atoms with Gasteiger partial charge in [0.1, 0.15) is 11.5 Å². The fourth-order valence-electron chi connectivity index (χ4n) is 4.16. The highest BCUT2D eigenvalue weighted by molar-refractivity contribution is 5.86. The van der Waals surface area contributed by atoms with Crippen molar-refractivity contribution in [1.29, 1.82) is 0 Å². The van der Waals surface area contributed by atoms with Crippen molar-refractivity contribution in [2.45, 2.75) is 71.1 Å². The van der Waals surface area contributed by atoms with E-state index in [0.29, 0.717) is 11.7 Å². The third-order valence-corrected chi connectivity index (χ3v) is 6.09. The molecule has 0 saturated heterocycles. The molecule has 28 heavy (non-hydrogen) atoms. The number of benzene rings is 2. The molecular formula is C26H34O2. The Hall–Kier alpha value is -2.09.